The fraction of sp³-hybridized carbons (Fsp3) is 1.00. The predicted octanol–water partition coefficient (Wildman–Crippen LogP) is 2.48. The first-order chi connectivity index (χ1) is 7.79. The average molecular weight is 224 g/mol. The van der Waals surface area contributed by atoms with E-state index in [1.807, 2.05) is 0 Å². The highest BCUT2D eigenvalue weighted by molar-refractivity contribution is 4.83. The minimum absolute atomic E-state index is 0.698. The van der Waals surface area contributed by atoms with E-state index in [-0.39, 0.29) is 0 Å². The van der Waals surface area contributed by atoms with Gasteiger partial charge in [-0.25, -0.2) is 0 Å². The van der Waals surface area contributed by atoms with Crippen molar-refractivity contribution in [3.63, 3.8) is 0 Å². The van der Waals surface area contributed by atoms with Gasteiger partial charge in [0.05, 0.1) is 0 Å². The lowest BCUT2D eigenvalue weighted by atomic mass is 9.75. The molecule has 2 rings (SSSR count). The van der Waals surface area contributed by atoms with Gasteiger partial charge >= 0.3 is 0 Å². The van der Waals surface area contributed by atoms with Crippen LogP contribution < -0.4 is 5.73 Å². The largest absolute Gasteiger partial charge is 0.330 e. The minimum atomic E-state index is 0.698. The van der Waals surface area contributed by atoms with Crippen molar-refractivity contribution in [2.75, 3.05) is 26.2 Å². The van der Waals surface area contributed by atoms with Crippen molar-refractivity contribution in [2.45, 2.75) is 45.4 Å². The highest BCUT2D eigenvalue weighted by atomic mass is 15.1. The third kappa shape index (κ3) is 3.21. The molecule has 1 saturated carbocycles. The lowest BCUT2D eigenvalue weighted by Crippen LogP contribution is -2.42. The van der Waals surface area contributed by atoms with Crippen LogP contribution in [0.2, 0.25) is 0 Å². The monoisotopic (exact) mass is 224 g/mol. The molecule has 0 aromatic rings. The highest BCUT2D eigenvalue weighted by Crippen LogP contribution is 2.36. The van der Waals surface area contributed by atoms with Gasteiger partial charge in [0.15, 0.2) is 0 Å². The second kappa shape index (κ2) is 6.02. The van der Waals surface area contributed by atoms with Crippen molar-refractivity contribution >= 4 is 0 Å². The van der Waals surface area contributed by atoms with Crippen molar-refractivity contribution in [3.8, 4) is 0 Å². The van der Waals surface area contributed by atoms with Crippen molar-refractivity contribution in [2.24, 2.45) is 23.5 Å². The van der Waals surface area contributed by atoms with Crippen molar-refractivity contribution < 1.29 is 0 Å². The molecule has 0 amide bonds. The number of piperidine rings is 1. The first-order valence-electron chi connectivity index (χ1n) is 7.22. The molecule has 1 aliphatic carbocycles. The maximum absolute atomic E-state index is 5.68. The van der Waals surface area contributed by atoms with E-state index in [9.17, 15) is 0 Å². The van der Waals surface area contributed by atoms with Gasteiger partial charge in [0.1, 0.15) is 0 Å². The summed E-state index contributed by atoms with van der Waals surface area (Å²) in [5, 5.41) is 0. The Labute approximate surface area is 101 Å². The molecule has 3 atom stereocenters. The number of hydrogen-bond acceptors (Lipinski definition) is 2. The van der Waals surface area contributed by atoms with Gasteiger partial charge < -0.3 is 10.6 Å². The Kier molecular flexibility index (Phi) is 4.66. The lowest BCUT2D eigenvalue weighted by Gasteiger charge is -2.41. The molecule has 2 N–H and O–H groups in total. The molecule has 2 heteroatoms. The van der Waals surface area contributed by atoms with E-state index in [1.165, 1.54) is 58.2 Å². The van der Waals surface area contributed by atoms with E-state index in [4.69, 9.17) is 5.73 Å². The topological polar surface area (TPSA) is 29.3 Å². The van der Waals surface area contributed by atoms with Crippen LogP contribution in [0.25, 0.3) is 0 Å². The van der Waals surface area contributed by atoms with Gasteiger partial charge in [-0.1, -0.05) is 26.2 Å². The number of fused-ring (bicyclic) bond motifs is 1. The Bertz CT molecular complexity index is 205. The van der Waals surface area contributed by atoms with Crippen LogP contribution >= 0.6 is 0 Å². The Morgan fingerprint density at radius 2 is 1.94 bits per heavy atom. The number of rotatable bonds is 4. The fourth-order valence-electron chi connectivity index (χ4n) is 3.40. The zero-order chi connectivity index (χ0) is 11.4. The second-order valence-corrected chi connectivity index (χ2v) is 6.02. The van der Waals surface area contributed by atoms with Crippen LogP contribution in [0.1, 0.15) is 45.4 Å². The van der Waals surface area contributed by atoms with E-state index in [2.05, 4.69) is 11.8 Å². The second-order valence-electron chi connectivity index (χ2n) is 6.02. The summed E-state index contributed by atoms with van der Waals surface area (Å²) in [6, 6.07) is 0. The van der Waals surface area contributed by atoms with Crippen LogP contribution in [-0.4, -0.2) is 31.1 Å². The van der Waals surface area contributed by atoms with E-state index >= 15 is 0 Å². The average Bonchev–Trinajstić information content (AvgIpc) is 2.35. The quantitative estimate of drug-likeness (QED) is 0.795. The van der Waals surface area contributed by atoms with Gasteiger partial charge in [-0.2, -0.15) is 0 Å². The predicted molar refractivity (Wildman–Crippen MR) is 69.3 cm³/mol. The SMILES string of the molecule is CC(CN)CCN1CCC2CCCCC2C1. The molecule has 2 aliphatic rings. The van der Waals surface area contributed by atoms with Crippen LogP contribution in [0.5, 0.6) is 0 Å². The standard InChI is InChI=1S/C14H28N2/c1-12(10-15)6-8-16-9-7-13-4-2-3-5-14(13)11-16/h12-14H,2-11,15H2,1H3. The van der Waals surface area contributed by atoms with Gasteiger partial charge in [0.2, 0.25) is 0 Å². The summed E-state index contributed by atoms with van der Waals surface area (Å²) in [7, 11) is 0. The van der Waals surface area contributed by atoms with Gasteiger partial charge in [0, 0.05) is 6.54 Å². The molecule has 3 unspecified atom stereocenters. The van der Waals surface area contributed by atoms with Crippen LogP contribution in [-0.2, 0) is 0 Å². The van der Waals surface area contributed by atoms with Gasteiger partial charge in [-0.3, -0.25) is 0 Å². The molecule has 16 heavy (non-hydrogen) atoms. The lowest BCUT2D eigenvalue weighted by molar-refractivity contribution is 0.0835. The first-order valence-corrected chi connectivity index (χ1v) is 7.22. The fourth-order valence-corrected chi connectivity index (χ4v) is 3.40. The van der Waals surface area contributed by atoms with Crippen LogP contribution in [0.4, 0.5) is 0 Å². The van der Waals surface area contributed by atoms with Crippen LogP contribution in [0, 0.1) is 17.8 Å². The summed E-state index contributed by atoms with van der Waals surface area (Å²) in [5.41, 5.74) is 5.68. The molecule has 0 aromatic carbocycles. The van der Waals surface area contributed by atoms with Gasteiger partial charge in [-0.15, -0.1) is 0 Å². The zero-order valence-electron chi connectivity index (χ0n) is 10.8. The first kappa shape index (κ1) is 12.4. The third-order valence-electron chi connectivity index (χ3n) is 4.72. The molecular weight excluding hydrogens is 196 g/mol. The Hall–Kier alpha value is -0.0800. The normalized spacial score (nSPS) is 33.4. The summed E-state index contributed by atoms with van der Waals surface area (Å²) in [6.45, 7) is 7.12. The van der Waals surface area contributed by atoms with E-state index in [0.29, 0.717) is 5.92 Å². The van der Waals surface area contributed by atoms with E-state index in [1.54, 1.807) is 0 Å². The maximum atomic E-state index is 5.68. The molecule has 2 nitrogen and oxygen atoms in total. The van der Waals surface area contributed by atoms with Crippen molar-refractivity contribution in [3.05, 3.63) is 0 Å². The Morgan fingerprint density at radius 1 is 1.19 bits per heavy atom. The molecule has 1 aliphatic heterocycles. The van der Waals surface area contributed by atoms with E-state index in [0.717, 1.165) is 18.4 Å². The molecule has 94 valence electrons. The third-order valence-corrected chi connectivity index (χ3v) is 4.72. The van der Waals surface area contributed by atoms with E-state index < -0.39 is 0 Å². The minimum Gasteiger partial charge on any atom is -0.330 e. The molecule has 0 aromatic heterocycles. The van der Waals surface area contributed by atoms with Crippen LogP contribution in [0.15, 0.2) is 0 Å². The number of likely N-dealkylation sites (tertiary alicyclic amines) is 1. The van der Waals surface area contributed by atoms with Gasteiger partial charge in [-0.05, 0) is 56.7 Å². The summed E-state index contributed by atoms with van der Waals surface area (Å²) in [6.07, 6.45) is 8.72. The summed E-state index contributed by atoms with van der Waals surface area (Å²) < 4.78 is 0. The Morgan fingerprint density at radius 3 is 2.69 bits per heavy atom. The van der Waals surface area contributed by atoms with Crippen molar-refractivity contribution in [1.29, 1.82) is 0 Å². The highest BCUT2D eigenvalue weighted by Gasteiger charge is 2.30. The maximum Gasteiger partial charge on any atom is 0.00123 e. The van der Waals surface area contributed by atoms with Crippen molar-refractivity contribution in [1.82, 2.24) is 4.90 Å². The Balaban J connectivity index is 1.72. The van der Waals surface area contributed by atoms with Gasteiger partial charge in [0.25, 0.3) is 0 Å². The smallest absolute Gasteiger partial charge is 0.00123 e. The molecule has 0 spiro atoms. The number of nitrogens with zero attached hydrogens (tertiary/aromatic N) is 1. The summed E-state index contributed by atoms with van der Waals surface area (Å²) in [4.78, 5) is 2.69. The molecular formula is C14H28N2. The summed E-state index contributed by atoms with van der Waals surface area (Å²) >= 11 is 0. The zero-order valence-corrected chi connectivity index (χ0v) is 10.8. The number of nitrogens with two attached hydrogens (primary N) is 1. The van der Waals surface area contributed by atoms with Crippen LogP contribution in [0.3, 0.4) is 0 Å². The molecule has 0 bridgehead atoms. The molecule has 1 heterocycles. The number of hydrogen-bond donors (Lipinski definition) is 1. The molecule has 2 fully saturated rings. The molecule has 1 saturated heterocycles. The molecule has 0 radical (unpaired) electrons. The summed E-state index contributed by atoms with van der Waals surface area (Å²) in [5.74, 6) is 2.79.